The van der Waals surface area contributed by atoms with Gasteiger partial charge in [-0.25, -0.2) is 0 Å². The molecule has 2 aromatic heterocycles. The van der Waals surface area contributed by atoms with E-state index in [1.54, 1.807) is 0 Å². The van der Waals surface area contributed by atoms with Crippen LogP contribution in [0.1, 0.15) is 33.9 Å². The first-order chi connectivity index (χ1) is 11.2. The number of rotatable bonds is 3. The zero-order chi connectivity index (χ0) is 16.2. The van der Waals surface area contributed by atoms with Gasteiger partial charge < -0.3 is 9.47 Å². The summed E-state index contributed by atoms with van der Waals surface area (Å²) in [7, 11) is 0. The molecule has 0 unspecified atom stereocenters. The van der Waals surface area contributed by atoms with Gasteiger partial charge in [-0.2, -0.15) is 11.8 Å². The minimum Gasteiger partial charge on any atom is -0.342 e. The molecule has 5 heteroatoms. The molecule has 3 rings (SSSR count). The molecule has 1 saturated heterocycles. The number of carbonyl (C=O) groups is 1. The molecule has 2 aromatic rings. The second-order valence-electron chi connectivity index (χ2n) is 5.95. The first-order valence-electron chi connectivity index (χ1n) is 8.10. The van der Waals surface area contributed by atoms with E-state index in [2.05, 4.69) is 16.5 Å². The Morgan fingerprint density at radius 2 is 2.13 bits per heavy atom. The first-order valence-corrected chi connectivity index (χ1v) is 9.26. The van der Waals surface area contributed by atoms with Crippen LogP contribution in [0, 0.1) is 13.8 Å². The third-order valence-corrected chi connectivity index (χ3v) is 5.41. The van der Waals surface area contributed by atoms with Gasteiger partial charge in [-0.3, -0.25) is 9.78 Å². The van der Waals surface area contributed by atoms with Gasteiger partial charge in [-0.05, 0) is 44.2 Å². The largest absolute Gasteiger partial charge is 0.342 e. The summed E-state index contributed by atoms with van der Waals surface area (Å²) in [6.07, 6.45) is 2.90. The van der Waals surface area contributed by atoms with Crippen LogP contribution in [0.4, 0.5) is 0 Å². The second kappa shape index (κ2) is 7.21. The van der Waals surface area contributed by atoms with E-state index in [-0.39, 0.29) is 5.91 Å². The lowest BCUT2D eigenvalue weighted by molar-refractivity contribution is 0.0767. The smallest absolute Gasteiger partial charge is 0.255 e. The molecule has 1 fully saturated rings. The molecule has 0 N–H and O–H groups in total. The molecule has 3 heterocycles. The van der Waals surface area contributed by atoms with Crippen LogP contribution >= 0.6 is 11.8 Å². The molecule has 1 aliphatic rings. The van der Waals surface area contributed by atoms with Gasteiger partial charge in [0.1, 0.15) is 0 Å². The van der Waals surface area contributed by atoms with Crippen LogP contribution in [0.15, 0.2) is 30.5 Å². The molecule has 23 heavy (non-hydrogen) atoms. The predicted octanol–water partition coefficient (Wildman–Crippen LogP) is 3.13. The number of carbonyl (C=O) groups excluding carboxylic acids is 1. The summed E-state index contributed by atoms with van der Waals surface area (Å²) in [6.45, 7) is 6.53. The fraction of sp³-hybridized carbons (Fsp3) is 0.444. The van der Waals surface area contributed by atoms with Crippen molar-refractivity contribution in [1.29, 1.82) is 0 Å². The van der Waals surface area contributed by atoms with Crippen LogP contribution in [-0.4, -0.2) is 45.0 Å². The molecule has 0 spiro atoms. The van der Waals surface area contributed by atoms with Crippen molar-refractivity contribution in [1.82, 2.24) is 14.5 Å². The van der Waals surface area contributed by atoms with Gasteiger partial charge in [-0.15, -0.1) is 0 Å². The molecule has 122 valence electrons. The van der Waals surface area contributed by atoms with Gasteiger partial charge in [0.2, 0.25) is 0 Å². The molecule has 0 aliphatic carbocycles. The number of amides is 1. The molecule has 0 atom stereocenters. The van der Waals surface area contributed by atoms with E-state index in [9.17, 15) is 4.79 Å². The Morgan fingerprint density at radius 1 is 1.26 bits per heavy atom. The van der Waals surface area contributed by atoms with Gasteiger partial charge in [0, 0.05) is 36.4 Å². The zero-order valence-electron chi connectivity index (χ0n) is 13.8. The van der Waals surface area contributed by atoms with Crippen LogP contribution in [0.2, 0.25) is 0 Å². The molecule has 1 aliphatic heterocycles. The highest BCUT2D eigenvalue weighted by molar-refractivity contribution is 7.99. The lowest BCUT2D eigenvalue weighted by Crippen LogP contribution is -2.33. The molecule has 0 radical (unpaired) electrons. The van der Waals surface area contributed by atoms with Crippen molar-refractivity contribution in [2.45, 2.75) is 26.8 Å². The highest BCUT2D eigenvalue weighted by Crippen LogP contribution is 2.20. The molecule has 4 nitrogen and oxygen atoms in total. The fourth-order valence-electron chi connectivity index (χ4n) is 3.03. The summed E-state index contributed by atoms with van der Waals surface area (Å²) in [5.74, 6) is 2.37. The Bertz CT molecular complexity index is 673. The minimum atomic E-state index is 0.174. The van der Waals surface area contributed by atoms with E-state index in [4.69, 9.17) is 0 Å². The van der Waals surface area contributed by atoms with Gasteiger partial charge in [0.25, 0.3) is 5.91 Å². The van der Waals surface area contributed by atoms with Crippen molar-refractivity contribution in [2.24, 2.45) is 0 Å². The van der Waals surface area contributed by atoms with Gasteiger partial charge in [-0.1, -0.05) is 6.07 Å². The maximum absolute atomic E-state index is 12.9. The van der Waals surface area contributed by atoms with Crippen LogP contribution in [-0.2, 0) is 6.54 Å². The summed E-state index contributed by atoms with van der Waals surface area (Å²) in [5.41, 5.74) is 4.00. The normalized spacial score (nSPS) is 15.5. The second-order valence-corrected chi connectivity index (χ2v) is 7.17. The number of nitrogens with zero attached hydrogens (tertiary/aromatic N) is 3. The number of hydrogen-bond donors (Lipinski definition) is 0. The van der Waals surface area contributed by atoms with E-state index in [1.165, 1.54) is 0 Å². The van der Waals surface area contributed by atoms with Crippen LogP contribution in [0.5, 0.6) is 0 Å². The SMILES string of the molecule is Cc1cc(C(=O)N2CCCSCC2)c(C)n1Cc1ccccn1. The third kappa shape index (κ3) is 3.61. The molecule has 0 aromatic carbocycles. The van der Waals surface area contributed by atoms with Gasteiger partial charge in [0.15, 0.2) is 0 Å². The summed E-state index contributed by atoms with van der Waals surface area (Å²) in [4.78, 5) is 19.3. The number of hydrogen-bond acceptors (Lipinski definition) is 3. The fourth-order valence-corrected chi connectivity index (χ4v) is 3.92. The number of pyridine rings is 1. The Kier molecular flexibility index (Phi) is 5.06. The van der Waals surface area contributed by atoms with E-state index in [1.807, 2.05) is 54.0 Å². The van der Waals surface area contributed by atoms with E-state index in [0.717, 1.165) is 53.7 Å². The highest BCUT2D eigenvalue weighted by atomic mass is 32.2. The zero-order valence-corrected chi connectivity index (χ0v) is 14.6. The molecule has 0 saturated carbocycles. The molecule has 0 bridgehead atoms. The van der Waals surface area contributed by atoms with Crippen molar-refractivity contribution in [3.05, 3.63) is 53.1 Å². The maximum atomic E-state index is 12.9. The Balaban J connectivity index is 1.83. The van der Waals surface area contributed by atoms with Gasteiger partial charge in [0.05, 0.1) is 17.8 Å². The number of aromatic nitrogens is 2. The summed E-state index contributed by atoms with van der Waals surface area (Å²) < 4.78 is 2.18. The summed E-state index contributed by atoms with van der Waals surface area (Å²) in [6, 6.07) is 7.97. The Morgan fingerprint density at radius 3 is 2.91 bits per heavy atom. The Hall–Kier alpha value is -1.75. The molecule has 1 amide bonds. The first kappa shape index (κ1) is 16.1. The van der Waals surface area contributed by atoms with Crippen molar-refractivity contribution < 1.29 is 4.79 Å². The Labute approximate surface area is 141 Å². The lowest BCUT2D eigenvalue weighted by atomic mass is 10.2. The van der Waals surface area contributed by atoms with Crippen molar-refractivity contribution in [2.75, 3.05) is 24.6 Å². The van der Waals surface area contributed by atoms with Crippen LogP contribution < -0.4 is 0 Å². The summed E-state index contributed by atoms with van der Waals surface area (Å²) >= 11 is 1.94. The molecular formula is C18H23N3OS. The highest BCUT2D eigenvalue weighted by Gasteiger charge is 2.22. The van der Waals surface area contributed by atoms with Crippen molar-refractivity contribution in [3.63, 3.8) is 0 Å². The van der Waals surface area contributed by atoms with E-state index in [0.29, 0.717) is 6.54 Å². The standard InChI is InChI=1S/C18H23N3OS/c1-14-12-17(18(22)20-8-5-10-23-11-9-20)15(2)21(14)13-16-6-3-4-7-19-16/h3-4,6-7,12H,5,8-11,13H2,1-2H3. The van der Waals surface area contributed by atoms with E-state index >= 15 is 0 Å². The monoisotopic (exact) mass is 329 g/mol. The molecular weight excluding hydrogens is 306 g/mol. The third-order valence-electron chi connectivity index (χ3n) is 4.36. The van der Waals surface area contributed by atoms with Crippen LogP contribution in [0.25, 0.3) is 0 Å². The number of aryl methyl sites for hydroxylation is 1. The van der Waals surface area contributed by atoms with Gasteiger partial charge >= 0.3 is 0 Å². The summed E-state index contributed by atoms with van der Waals surface area (Å²) in [5, 5.41) is 0. The topological polar surface area (TPSA) is 38.1 Å². The van der Waals surface area contributed by atoms with Crippen molar-refractivity contribution in [3.8, 4) is 0 Å². The van der Waals surface area contributed by atoms with Crippen molar-refractivity contribution >= 4 is 17.7 Å². The van der Waals surface area contributed by atoms with Crippen LogP contribution in [0.3, 0.4) is 0 Å². The average Bonchev–Trinajstić information content (AvgIpc) is 2.78. The number of thioether (sulfide) groups is 1. The lowest BCUT2D eigenvalue weighted by Gasteiger charge is -2.20. The predicted molar refractivity (Wildman–Crippen MR) is 95.1 cm³/mol. The van der Waals surface area contributed by atoms with E-state index < -0.39 is 0 Å². The quantitative estimate of drug-likeness (QED) is 0.868. The minimum absolute atomic E-state index is 0.174. The average molecular weight is 329 g/mol. The maximum Gasteiger partial charge on any atom is 0.255 e.